The summed E-state index contributed by atoms with van der Waals surface area (Å²) in [5, 5.41) is 15.8. The lowest BCUT2D eigenvalue weighted by Crippen LogP contribution is -2.13. The Morgan fingerprint density at radius 3 is 1.14 bits per heavy atom. The number of carbonyl (C=O) groups is 2. The van der Waals surface area contributed by atoms with Crippen molar-refractivity contribution in [2.75, 3.05) is 6.61 Å². The topological polar surface area (TPSA) is 83.8 Å². The van der Waals surface area contributed by atoms with Crippen molar-refractivity contribution in [1.82, 2.24) is 0 Å². The summed E-state index contributed by atoms with van der Waals surface area (Å²) >= 11 is 0. The summed E-state index contributed by atoms with van der Waals surface area (Å²) < 4.78 is 5.39. The van der Waals surface area contributed by atoms with Gasteiger partial charge in [0.05, 0.1) is 6.61 Å². The van der Waals surface area contributed by atoms with E-state index in [0.717, 1.165) is 12.8 Å². The molecule has 5 nitrogen and oxygen atoms in total. The van der Waals surface area contributed by atoms with Crippen LogP contribution in [-0.2, 0) is 14.3 Å². The molecule has 0 aromatic heterocycles. The zero-order valence-corrected chi connectivity index (χ0v) is 24.4. The van der Waals surface area contributed by atoms with Gasteiger partial charge in [0.1, 0.15) is 6.10 Å². The maximum atomic E-state index is 11.8. The number of carboxylic acids is 1. The molecule has 0 aliphatic heterocycles. The first-order chi connectivity index (χ1) is 17.5. The minimum Gasteiger partial charge on any atom is -0.479 e. The Morgan fingerprint density at radius 2 is 0.833 bits per heavy atom. The van der Waals surface area contributed by atoms with E-state index in [0.29, 0.717) is 13.0 Å². The van der Waals surface area contributed by atoms with Gasteiger partial charge in [-0.3, -0.25) is 4.79 Å². The van der Waals surface area contributed by atoms with Crippen LogP contribution >= 0.6 is 0 Å². The highest BCUT2D eigenvalue weighted by molar-refractivity contribution is 5.71. The maximum Gasteiger partial charge on any atom is 0.332 e. The summed E-state index contributed by atoms with van der Waals surface area (Å²) in [5.74, 6) is -1.16. The van der Waals surface area contributed by atoms with E-state index in [1.54, 1.807) is 0 Å². The molecule has 0 saturated heterocycles. The molecule has 5 heteroatoms. The number of hydrogen-bond acceptors (Lipinski definition) is 4. The van der Waals surface area contributed by atoms with Crippen LogP contribution in [0.4, 0.5) is 0 Å². The van der Waals surface area contributed by atoms with Crippen molar-refractivity contribution in [3.05, 3.63) is 0 Å². The molecule has 0 aliphatic rings. The fourth-order valence-electron chi connectivity index (χ4n) is 4.13. The minimum absolute atomic E-state index is 0.0222. The fourth-order valence-corrected chi connectivity index (χ4v) is 4.13. The van der Waals surface area contributed by atoms with Gasteiger partial charge in [0, 0.05) is 6.42 Å². The molecular weight excluding hydrogens is 452 g/mol. The molecule has 0 rings (SSSR count). The molecule has 0 aromatic carbocycles. The number of hydrogen-bond donors (Lipinski definition) is 2. The van der Waals surface area contributed by atoms with Crippen molar-refractivity contribution in [2.24, 2.45) is 0 Å². The summed E-state index contributed by atoms with van der Waals surface area (Å²) in [6.07, 6.45) is 30.1. The van der Waals surface area contributed by atoms with Crippen molar-refractivity contribution in [3.63, 3.8) is 0 Å². The first-order valence-electron chi connectivity index (χ1n) is 15.5. The Kier molecular flexibility index (Phi) is 32.9. The molecule has 216 valence electrons. The van der Waals surface area contributed by atoms with E-state index in [1.165, 1.54) is 142 Å². The highest BCUT2D eigenvalue weighted by Crippen LogP contribution is 2.13. The number of aliphatic carboxylic acids is 1. The van der Waals surface area contributed by atoms with Gasteiger partial charge >= 0.3 is 11.9 Å². The first-order valence-corrected chi connectivity index (χ1v) is 15.5. The Balaban J connectivity index is 0. The van der Waals surface area contributed by atoms with Crippen LogP contribution in [0.2, 0.25) is 0 Å². The van der Waals surface area contributed by atoms with Gasteiger partial charge in [-0.1, -0.05) is 149 Å². The molecule has 0 spiro atoms. The van der Waals surface area contributed by atoms with E-state index in [2.05, 4.69) is 13.8 Å². The minimum atomic E-state index is -1.23. The molecule has 2 N–H and O–H groups in total. The van der Waals surface area contributed by atoms with Gasteiger partial charge in [-0.2, -0.15) is 0 Å². The Hall–Kier alpha value is -1.10. The van der Waals surface area contributed by atoms with Gasteiger partial charge < -0.3 is 14.9 Å². The third-order valence-electron chi connectivity index (χ3n) is 6.60. The summed E-state index contributed by atoms with van der Waals surface area (Å²) in [7, 11) is 0. The number of carbonyl (C=O) groups excluding carboxylic acids is 1. The molecule has 0 bridgehead atoms. The highest BCUT2D eigenvalue weighted by atomic mass is 16.5. The molecule has 0 aliphatic carbocycles. The summed E-state index contributed by atoms with van der Waals surface area (Å²) in [4.78, 5) is 21.2. The van der Waals surface area contributed by atoms with Crippen LogP contribution in [0.1, 0.15) is 175 Å². The van der Waals surface area contributed by atoms with Crippen molar-refractivity contribution in [1.29, 1.82) is 0 Å². The second-order valence-corrected chi connectivity index (χ2v) is 10.4. The zero-order valence-electron chi connectivity index (χ0n) is 24.4. The predicted octanol–water partition coefficient (Wildman–Crippen LogP) is 9.38. The molecule has 0 aromatic rings. The number of esters is 1. The molecule has 1 unspecified atom stereocenters. The van der Waals surface area contributed by atoms with Crippen molar-refractivity contribution in [2.45, 2.75) is 181 Å². The van der Waals surface area contributed by atoms with Crippen molar-refractivity contribution in [3.8, 4) is 0 Å². The lowest BCUT2D eigenvalue weighted by atomic mass is 10.1. The quantitative estimate of drug-likeness (QED) is 0.0887. The van der Waals surface area contributed by atoms with Crippen LogP contribution in [0, 0.1) is 0 Å². The van der Waals surface area contributed by atoms with Gasteiger partial charge in [0.15, 0.2) is 0 Å². The number of rotatable bonds is 26. The van der Waals surface area contributed by atoms with Crippen LogP contribution in [0.15, 0.2) is 0 Å². The molecule has 0 saturated carbocycles. The molecule has 0 amide bonds. The number of aliphatic hydroxyl groups excluding tert-OH is 1. The lowest BCUT2D eigenvalue weighted by molar-refractivity contribution is -0.145. The summed E-state index contributed by atoms with van der Waals surface area (Å²) in [6.45, 7) is 6.38. The smallest absolute Gasteiger partial charge is 0.332 e. The molecule has 0 radical (unpaired) electrons. The third kappa shape index (κ3) is 35.1. The average molecular weight is 515 g/mol. The van der Waals surface area contributed by atoms with Crippen molar-refractivity contribution >= 4 is 11.9 Å². The number of ether oxygens (including phenoxy) is 1. The van der Waals surface area contributed by atoms with Gasteiger partial charge in [-0.15, -0.1) is 0 Å². The van der Waals surface area contributed by atoms with E-state index in [4.69, 9.17) is 14.9 Å². The van der Waals surface area contributed by atoms with E-state index in [1.807, 2.05) is 0 Å². The molecule has 0 heterocycles. The largest absolute Gasteiger partial charge is 0.479 e. The van der Waals surface area contributed by atoms with E-state index in [-0.39, 0.29) is 5.97 Å². The van der Waals surface area contributed by atoms with E-state index < -0.39 is 12.1 Å². The average Bonchev–Trinajstić information content (AvgIpc) is 2.85. The second-order valence-electron chi connectivity index (χ2n) is 10.4. The molecular formula is C31H62O5. The molecule has 1 atom stereocenters. The third-order valence-corrected chi connectivity index (χ3v) is 6.60. The predicted molar refractivity (Wildman–Crippen MR) is 152 cm³/mol. The van der Waals surface area contributed by atoms with Crippen LogP contribution in [0.25, 0.3) is 0 Å². The zero-order chi connectivity index (χ0) is 27.1. The fraction of sp³-hybridized carbons (Fsp3) is 0.935. The van der Waals surface area contributed by atoms with Crippen LogP contribution in [-0.4, -0.2) is 34.9 Å². The van der Waals surface area contributed by atoms with Crippen LogP contribution < -0.4 is 0 Å². The molecule has 0 fully saturated rings. The molecule has 36 heavy (non-hydrogen) atoms. The first kappa shape index (κ1) is 37.1. The SMILES string of the molecule is CC(O)C(=O)O.CCCCCCCCCCCCCCOC(=O)CCCCCCCCCCCCC. The van der Waals surface area contributed by atoms with Gasteiger partial charge in [-0.05, 0) is 19.8 Å². The Morgan fingerprint density at radius 1 is 0.556 bits per heavy atom. The second kappa shape index (κ2) is 31.9. The number of carboxylic acid groups (broad SMARTS) is 1. The summed E-state index contributed by atoms with van der Waals surface area (Å²) in [5.41, 5.74) is 0. The van der Waals surface area contributed by atoms with E-state index in [9.17, 15) is 9.59 Å². The van der Waals surface area contributed by atoms with E-state index >= 15 is 0 Å². The van der Waals surface area contributed by atoms with Crippen LogP contribution in [0.3, 0.4) is 0 Å². The standard InChI is InChI=1S/C28H56O2.C3H6O3/c1-3-5-7-9-11-13-15-17-19-21-23-25-27-30-28(29)26-24-22-20-18-16-14-12-10-8-6-4-2;1-2(4)3(5)6/h3-27H2,1-2H3;2,4H,1H3,(H,5,6). The summed E-state index contributed by atoms with van der Waals surface area (Å²) in [6, 6.07) is 0. The number of unbranched alkanes of at least 4 members (excludes halogenated alkanes) is 21. The van der Waals surface area contributed by atoms with Crippen LogP contribution in [0.5, 0.6) is 0 Å². The Labute approximate surface area is 224 Å². The van der Waals surface area contributed by atoms with Gasteiger partial charge in [-0.25, -0.2) is 4.79 Å². The van der Waals surface area contributed by atoms with Gasteiger partial charge in [0.2, 0.25) is 0 Å². The monoisotopic (exact) mass is 514 g/mol. The highest BCUT2D eigenvalue weighted by Gasteiger charge is 2.03. The van der Waals surface area contributed by atoms with Gasteiger partial charge in [0.25, 0.3) is 0 Å². The normalized spacial score (nSPS) is 11.6. The Bertz CT molecular complexity index is 450. The lowest BCUT2D eigenvalue weighted by Gasteiger charge is -2.06. The number of aliphatic hydroxyl groups is 1. The maximum absolute atomic E-state index is 11.8. The van der Waals surface area contributed by atoms with Crippen molar-refractivity contribution < 1.29 is 24.5 Å².